The number of hydrogen-bond acceptors (Lipinski definition) is 7. The Morgan fingerprint density at radius 1 is 1.30 bits per heavy atom. The minimum absolute atomic E-state index is 0.0477. The van der Waals surface area contributed by atoms with Crippen LogP contribution in [-0.4, -0.2) is 80.0 Å². The van der Waals surface area contributed by atoms with E-state index in [0.717, 1.165) is 50.6 Å². The third kappa shape index (κ3) is 5.34. The SMILES string of the molecule is CN(C)CCCNC(=O)N(CC1CC1)C(=O)[C@@H]1C[C@@H]2Cc3c(sc(N)c3C#N)C[C@H]2N(C)C1. The van der Waals surface area contributed by atoms with Crippen LogP contribution in [0.25, 0.3) is 0 Å². The third-order valence-corrected chi connectivity index (χ3v) is 8.44. The fourth-order valence-electron chi connectivity index (χ4n) is 5.39. The van der Waals surface area contributed by atoms with Crippen LogP contribution in [-0.2, 0) is 17.6 Å². The summed E-state index contributed by atoms with van der Waals surface area (Å²) in [6.07, 6.45) is 5.45. The van der Waals surface area contributed by atoms with Gasteiger partial charge in [-0.25, -0.2) is 4.79 Å². The number of nitrogens with two attached hydrogens (primary N) is 1. The minimum Gasteiger partial charge on any atom is -0.389 e. The van der Waals surface area contributed by atoms with Crippen molar-refractivity contribution < 1.29 is 9.59 Å². The van der Waals surface area contributed by atoms with Gasteiger partial charge >= 0.3 is 6.03 Å². The Bertz CT molecular complexity index is 934. The fourth-order valence-corrected chi connectivity index (χ4v) is 6.49. The van der Waals surface area contributed by atoms with Crippen molar-refractivity contribution >= 4 is 28.3 Å². The average Bonchev–Trinajstić information content (AvgIpc) is 3.54. The second kappa shape index (κ2) is 10.00. The van der Waals surface area contributed by atoms with Crippen molar-refractivity contribution in [1.82, 2.24) is 20.0 Å². The number of anilines is 1. The van der Waals surface area contributed by atoms with Gasteiger partial charge in [-0.2, -0.15) is 5.26 Å². The van der Waals surface area contributed by atoms with E-state index in [2.05, 4.69) is 28.2 Å². The van der Waals surface area contributed by atoms with E-state index in [1.807, 2.05) is 14.1 Å². The summed E-state index contributed by atoms with van der Waals surface area (Å²) >= 11 is 1.54. The van der Waals surface area contributed by atoms with Gasteiger partial charge in [0.25, 0.3) is 0 Å². The number of fused-ring (bicyclic) bond motifs is 2. The molecule has 1 aromatic heterocycles. The minimum atomic E-state index is -0.251. The number of piperidine rings is 1. The largest absolute Gasteiger partial charge is 0.389 e. The molecule has 3 aliphatic rings. The Morgan fingerprint density at radius 2 is 2.06 bits per heavy atom. The normalized spacial score (nSPS) is 24.6. The smallest absolute Gasteiger partial charge is 0.324 e. The molecule has 3 N–H and O–H groups in total. The highest BCUT2D eigenvalue weighted by molar-refractivity contribution is 7.16. The first-order valence-electron chi connectivity index (χ1n) is 12.0. The van der Waals surface area contributed by atoms with Gasteiger partial charge in [0.1, 0.15) is 11.1 Å². The zero-order chi connectivity index (χ0) is 23.7. The molecule has 1 aliphatic heterocycles. The van der Waals surface area contributed by atoms with Gasteiger partial charge in [0.2, 0.25) is 5.91 Å². The molecule has 0 aromatic carbocycles. The molecule has 1 saturated heterocycles. The number of urea groups is 1. The monoisotopic (exact) mass is 472 g/mol. The first-order chi connectivity index (χ1) is 15.8. The Balaban J connectivity index is 1.44. The molecular weight excluding hydrogens is 436 g/mol. The summed E-state index contributed by atoms with van der Waals surface area (Å²) in [6.45, 7) is 2.65. The number of thiophene rings is 1. The lowest BCUT2D eigenvalue weighted by atomic mass is 9.74. The van der Waals surface area contributed by atoms with Crippen LogP contribution in [0.1, 0.15) is 41.7 Å². The molecule has 1 saturated carbocycles. The summed E-state index contributed by atoms with van der Waals surface area (Å²) in [4.78, 5) is 33.6. The predicted octanol–water partition coefficient (Wildman–Crippen LogP) is 2.14. The van der Waals surface area contributed by atoms with Gasteiger partial charge < -0.3 is 20.9 Å². The first-order valence-corrected chi connectivity index (χ1v) is 12.8. The van der Waals surface area contributed by atoms with Crippen LogP contribution in [0.5, 0.6) is 0 Å². The van der Waals surface area contributed by atoms with E-state index in [-0.39, 0.29) is 23.8 Å². The number of carbonyl (C=O) groups excluding carboxylic acids is 2. The van der Waals surface area contributed by atoms with Gasteiger partial charge in [-0.05, 0) is 83.6 Å². The van der Waals surface area contributed by atoms with E-state index in [1.165, 1.54) is 21.1 Å². The van der Waals surface area contributed by atoms with Gasteiger partial charge in [0.05, 0.1) is 11.5 Å². The highest BCUT2D eigenvalue weighted by Crippen LogP contribution is 2.43. The highest BCUT2D eigenvalue weighted by Gasteiger charge is 2.43. The highest BCUT2D eigenvalue weighted by atomic mass is 32.1. The number of rotatable bonds is 7. The summed E-state index contributed by atoms with van der Waals surface area (Å²) in [5.41, 5.74) is 7.80. The van der Waals surface area contributed by atoms with Crippen molar-refractivity contribution in [2.75, 3.05) is 53.1 Å². The molecule has 33 heavy (non-hydrogen) atoms. The number of hydrogen-bond donors (Lipinski definition) is 2. The molecule has 0 unspecified atom stereocenters. The topological polar surface area (TPSA) is 106 Å². The van der Waals surface area contributed by atoms with Crippen molar-refractivity contribution in [3.05, 3.63) is 16.0 Å². The molecule has 9 heteroatoms. The number of nitrogen functional groups attached to an aromatic ring is 1. The number of likely N-dealkylation sites (N-methyl/N-ethyl adjacent to an activating group) is 1. The second-order valence-corrected chi connectivity index (χ2v) is 11.4. The number of nitriles is 1. The predicted molar refractivity (Wildman–Crippen MR) is 130 cm³/mol. The van der Waals surface area contributed by atoms with Crippen molar-refractivity contribution in [1.29, 1.82) is 5.26 Å². The average molecular weight is 473 g/mol. The van der Waals surface area contributed by atoms with Crippen LogP contribution < -0.4 is 11.1 Å². The molecule has 0 spiro atoms. The van der Waals surface area contributed by atoms with Gasteiger partial charge in [-0.3, -0.25) is 9.69 Å². The van der Waals surface area contributed by atoms with Crippen LogP contribution in [0.15, 0.2) is 0 Å². The summed E-state index contributed by atoms with van der Waals surface area (Å²) in [5, 5.41) is 13.1. The maximum atomic E-state index is 13.6. The standard InChI is InChI=1S/C24H36N6O2S/c1-28(2)8-4-7-27-24(32)30(13-15-5-6-15)23(31)17-9-16-10-18-19(12-25)22(26)33-21(18)11-20(16)29(3)14-17/h15-17,20H,4-11,13-14,26H2,1-3H3,(H,27,32)/t16-,17-,20-/m1/s1. The Hall–Kier alpha value is -2.15. The number of carbonyl (C=O) groups is 2. The summed E-state index contributed by atoms with van der Waals surface area (Å²) < 4.78 is 0. The summed E-state index contributed by atoms with van der Waals surface area (Å²) in [6, 6.07) is 2.38. The number of nitrogens with zero attached hydrogens (tertiary/aromatic N) is 4. The van der Waals surface area contributed by atoms with E-state index in [0.29, 0.717) is 42.2 Å². The van der Waals surface area contributed by atoms with Crippen molar-refractivity contribution in [2.45, 2.75) is 44.6 Å². The molecule has 3 atom stereocenters. The van der Waals surface area contributed by atoms with Gasteiger partial charge in [-0.1, -0.05) is 0 Å². The van der Waals surface area contributed by atoms with Crippen LogP contribution in [0.2, 0.25) is 0 Å². The van der Waals surface area contributed by atoms with E-state index >= 15 is 0 Å². The second-order valence-electron chi connectivity index (χ2n) is 10.2. The molecular formula is C24H36N6O2S. The Labute approximate surface area is 200 Å². The lowest BCUT2D eigenvalue weighted by Crippen LogP contribution is -2.55. The molecule has 0 bridgehead atoms. The molecule has 3 amide bonds. The van der Waals surface area contributed by atoms with Gasteiger partial charge in [0.15, 0.2) is 0 Å². The Kier molecular flexibility index (Phi) is 7.27. The summed E-state index contributed by atoms with van der Waals surface area (Å²) in [7, 11) is 6.10. The fraction of sp³-hybridized carbons (Fsp3) is 0.708. The van der Waals surface area contributed by atoms with Crippen LogP contribution in [0.3, 0.4) is 0 Å². The number of amides is 3. The molecule has 1 aromatic rings. The van der Waals surface area contributed by atoms with Crippen molar-refractivity contribution in [2.24, 2.45) is 17.8 Å². The molecule has 180 valence electrons. The lowest BCUT2D eigenvalue weighted by molar-refractivity contribution is -0.136. The zero-order valence-electron chi connectivity index (χ0n) is 20.0. The molecule has 8 nitrogen and oxygen atoms in total. The van der Waals surface area contributed by atoms with Crippen LogP contribution in [0.4, 0.5) is 9.80 Å². The maximum Gasteiger partial charge on any atom is 0.324 e. The molecule has 4 rings (SSSR count). The molecule has 2 aliphatic carbocycles. The number of imide groups is 1. The van der Waals surface area contributed by atoms with Crippen molar-refractivity contribution in [3.8, 4) is 6.07 Å². The van der Waals surface area contributed by atoms with E-state index in [9.17, 15) is 14.9 Å². The molecule has 2 heterocycles. The van der Waals surface area contributed by atoms with Crippen LogP contribution >= 0.6 is 11.3 Å². The third-order valence-electron chi connectivity index (χ3n) is 7.35. The quantitative estimate of drug-likeness (QED) is 0.589. The lowest BCUT2D eigenvalue weighted by Gasteiger charge is -2.45. The molecule has 2 fully saturated rings. The number of nitrogens with one attached hydrogen (secondary N) is 1. The summed E-state index contributed by atoms with van der Waals surface area (Å²) in [5.74, 6) is 0.482. The van der Waals surface area contributed by atoms with E-state index in [4.69, 9.17) is 5.73 Å². The zero-order valence-corrected chi connectivity index (χ0v) is 20.8. The van der Waals surface area contributed by atoms with Crippen LogP contribution in [0, 0.1) is 29.1 Å². The first kappa shape index (κ1) is 24.0. The van der Waals surface area contributed by atoms with Gasteiger partial charge in [0, 0.05) is 30.6 Å². The van der Waals surface area contributed by atoms with Crippen molar-refractivity contribution in [3.63, 3.8) is 0 Å². The Morgan fingerprint density at radius 3 is 2.73 bits per heavy atom. The number of likely N-dealkylation sites (tertiary alicyclic amines) is 1. The van der Waals surface area contributed by atoms with E-state index < -0.39 is 0 Å². The van der Waals surface area contributed by atoms with E-state index in [1.54, 1.807) is 0 Å². The molecule has 0 radical (unpaired) electrons. The van der Waals surface area contributed by atoms with Gasteiger partial charge in [-0.15, -0.1) is 11.3 Å². The maximum absolute atomic E-state index is 13.6.